The lowest BCUT2D eigenvalue weighted by Gasteiger charge is -2.07. The van der Waals surface area contributed by atoms with Crippen molar-refractivity contribution >= 4 is 17.5 Å². The summed E-state index contributed by atoms with van der Waals surface area (Å²) in [6, 6.07) is 0. The molecule has 1 aliphatic rings. The van der Waals surface area contributed by atoms with Gasteiger partial charge in [-0.15, -0.1) is 0 Å². The maximum Gasteiger partial charge on any atom is 0.338 e. The number of ether oxygens (including phenoxy) is 1. The van der Waals surface area contributed by atoms with Crippen molar-refractivity contribution in [2.45, 2.75) is 45.1 Å². The molecular weight excluding hydrogens is 196 g/mol. The Bertz CT molecular complexity index is 319. The molecule has 0 aliphatic heterocycles. The van der Waals surface area contributed by atoms with E-state index < -0.39 is 6.10 Å². The summed E-state index contributed by atoms with van der Waals surface area (Å²) in [6.45, 7) is 1.98. The van der Waals surface area contributed by atoms with Gasteiger partial charge in [0.25, 0.3) is 5.78 Å². The highest BCUT2D eigenvalue weighted by molar-refractivity contribution is 6.41. The van der Waals surface area contributed by atoms with Gasteiger partial charge in [-0.05, 0) is 6.42 Å². The quantitative estimate of drug-likeness (QED) is 0.396. The molecule has 1 unspecified atom stereocenters. The first-order chi connectivity index (χ1) is 7.19. The number of ketones is 1. The molecular formula is C10H14N2O3. The van der Waals surface area contributed by atoms with Crippen molar-refractivity contribution in [3.63, 3.8) is 0 Å². The van der Waals surface area contributed by atoms with Crippen LogP contribution in [0.1, 0.15) is 39.0 Å². The van der Waals surface area contributed by atoms with Gasteiger partial charge in [-0.2, -0.15) is 4.79 Å². The minimum Gasteiger partial charge on any atom is -0.454 e. The third-order valence-corrected chi connectivity index (χ3v) is 2.35. The molecule has 82 valence electrons. The van der Waals surface area contributed by atoms with Gasteiger partial charge >= 0.3 is 11.7 Å². The number of carbonyl (C=O) groups excluding carboxylic acids is 2. The summed E-state index contributed by atoms with van der Waals surface area (Å²) in [5.74, 6) is -0.725. The maximum absolute atomic E-state index is 11.4. The molecule has 1 atom stereocenters. The number of hydrogen-bond acceptors (Lipinski definition) is 3. The fourth-order valence-corrected chi connectivity index (χ4v) is 1.46. The Kier molecular flexibility index (Phi) is 4.18. The fourth-order valence-electron chi connectivity index (χ4n) is 1.46. The van der Waals surface area contributed by atoms with Gasteiger partial charge in [0, 0.05) is 12.8 Å². The summed E-state index contributed by atoms with van der Waals surface area (Å²) in [5.41, 5.74) is 8.56. The molecule has 1 aliphatic carbocycles. The van der Waals surface area contributed by atoms with Crippen LogP contribution >= 0.6 is 0 Å². The van der Waals surface area contributed by atoms with Gasteiger partial charge in [-0.3, -0.25) is 9.59 Å². The number of nitrogens with zero attached hydrogens (tertiary/aromatic N) is 2. The largest absolute Gasteiger partial charge is 0.454 e. The number of Topliss-reactive ketones (excluding diaryl/α,β-unsaturated/α-hetero) is 1. The maximum atomic E-state index is 11.4. The van der Waals surface area contributed by atoms with Crippen LogP contribution in [-0.4, -0.2) is 28.4 Å². The summed E-state index contributed by atoms with van der Waals surface area (Å²) in [7, 11) is 0. The average molecular weight is 210 g/mol. The van der Waals surface area contributed by atoms with Crippen molar-refractivity contribution in [1.82, 2.24) is 0 Å². The molecule has 15 heavy (non-hydrogen) atoms. The van der Waals surface area contributed by atoms with Crippen molar-refractivity contribution < 1.29 is 19.1 Å². The lowest BCUT2D eigenvalue weighted by Crippen LogP contribution is -2.25. The molecule has 1 rings (SSSR count). The molecule has 0 radical (unpaired) electrons. The molecule has 1 fully saturated rings. The predicted octanol–water partition coefficient (Wildman–Crippen LogP) is 1.12. The van der Waals surface area contributed by atoms with E-state index >= 15 is 0 Å². The van der Waals surface area contributed by atoms with Gasteiger partial charge in [-0.25, -0.2) is 0 Å². The van der Waals surface area contributed by atoms with E-state index in [1.54, 1.807) is 0 Å². The monoisotopic (exact) mass is 210 g/mol. The molecule has 0 amide bonds. The van der Waals surface area contributed by atoms with Gasteiger partial charge in [-0.1, -0.05) is 13.3 Å². The van der Waals surface area contributed by atoms with E-state index in [-0.39, 0.29) is 17.5 Å². The number of unbranched alkanes of at least 4 members (excludes halogenated alkanes) is 1. The van der Waals surface area contributed by atoms with Gasteiger partial charge in [0.1, 0.15) is 0 Å². The Morgan fingerprint density at radius 1 is 1.67 bits per heavy atom. The standard InChI is InChI=1S/C10H14N2O3/c1-2-3-4-9(13)15-8-6-5-7(12-11)10(8)14/h8H,2-6H2,1H3. The van der Waals surface area contributed by atoms with Crippen LogP contribution in [0.5, 0.6) is 0 Å². The number of carbonyl (C=O) groups is 2. The molecule has 5 nitrogen and oxygen atoms in total. The third kappa shape index (κ3) is 2.99. The summed E-state index contributed by atoms with van der Waals surface area (Å²) >= 11 is 0. The normalized spacial score (nSPS) is 20.2. The zero-order valence-corrected chi connectivity index (χ0v) is 8.73. The van der Waals surface area contributed by atoms with E-state index in [1.165, 1.54) is 0 Å². The first kappa shape index (κ1) is 11.6. The van der Waals surface area contributed by atoms with Gasteiger partial charge in [0.15, 0.2) is 6.10 Å². The van der Waals surface area contributed by atoms with Crippen molar-refractivity contribution in [2.24, 2.45) is 0 Å². The smallest absolute Gasteiger partial charge is 0.338 e. The van der Waals surface area contributed by atoms with E-state index in [0.717, 1.165) is 12.8 Å². The first-order valence-corrected chi connectivity index (χ1v) is 5.13. The number of esters is 1. The van der Waals surface area contributed by atoms with Crippen LogP contribution in [0, 0.1) is 0 Å². The fraction of sp³-hybridized carbons (Fsp3) is 0.700. The molecule has 0 bridgehead atoms. The number of hydrogen-bond donors (Lipinski definition) is 0. The Morgan fingerprint density at radius 3 is 2.93 bits per heavy atom. The van der Waals surface area contributed by atoms with Crippen LogP contribution < -0.4 is 0 Å². The second-order valence-corrected chi connectivity index (χ2v) is 3.53. The Labute approximate surface area is 88.0 Å². The van der Waals surface area contributed by atoms with E-state index in [0.29, 0.717) is 19.3 Å². The molecule has 0 aromatic rings. The van der Waals surface area contributed by atoms with Crippen LogP contribution in [0.2, 0.25) is 0 Å². The summed E-state index contributed by atoms with van der Waals surface area (Å²) in [5, 5.41) is 0. The van der Waals surface area contributed by atoms with Gasteiger partial charge in [0.05, 0.1) is 6.42 Å². The molecule has 0 N–H and O–H groups in total. The molecule has 0 aromatic heterocycles. The third-order valence-electron chi connectivity index (χ3n) is 2.35. The van der Waals surface area contributed by atoms with Crippen LogP contribution in [0.25, 0.3) is 5.53 Å². The zero-order chi connectivity index (χ0) is 11.3. The second-order valence-electron chi connectivity index (χ2n) is 3.53. The van der Waals surface area contributed by atoms with Crippen LogP contribution in [0.4, 0.5) is 0 Å². The molecule has 0 aromatic carbocycles. The molecule has 5 heteroatoms. The summed E-state index contributed by atoms with van der Waals surface area (Å²) in [4.78, 5) is 25.5. The van der Waals surface area contributed by atoms with Crippen molar-refractivity contribution in [2.75, 3.05) is 0 Å². The van der Waals surface area contributed by atoms with Crippen LogP contribution in [0.15, 0.2) is 0 Å². The SMILES string of the molecule is CCCCC(=O)OC1CCC(=[N+]=[N-])C1=O. The summed E-state index contributed by atoms with van der Waals surface area (Å²) in [6.07, 6.45) is 2.08. The lowest BCUT2D eigenvalue weighted by atomic mass is 10.2. The van der Waals surface area contributed by atoms with Gasteiger partial charge < -0.3 is 10.3 Å². The Balaban J connectivity index is 2.44. The number of rotatable bonds is 4. The van der Waals surface area contributed by atoms with Crippen molar-refractivity contribution in [3.05, 3.63) is 5.53 Å². The molecule has 0 saturated heterocycles. The minimum atomic E-state index is -0.736. The second kappa shape index (κ2) is 5.41. The minimum absolute atomic E-state index is 0.100. The Morgan fingerprint density at radius 2 is 2.40 bits per heavy atom. The van der Waals surface area contributed by atoms with E-state index in [2.05, 4.69) is 4.79 Å². The van der Waals surface area contributed by atoms with E-state index in [4.69, 9.17) is 10.3 Å². The molecule has 0 spiro atoms. The highest BCUT2D eigenvalue weighted by Crippen LogP contribution is 2.15. The van der Waals surface area contributed by atoms with Gasteiger partial charge in [0.2, 0.25) is 0 Å². The van der Waals surface area contributed by atoms with Crippen molar-refractivity contribution in [3.8, 4) is 0 Å². The first-order valence-electron chi connectivity index (χ1n) is 5.13. The topological polar surface area (TPSA) is 79.8 Å². The highest BCUT2D eigenvalue weighted by Gasteiger charge is 2.39. The zero-order valence-electron chi connectivity index (χ0n) is 8.73. The lowest BCUT2D eigenvalue weighted by molar-refractivity contribution is -0.153. The van der Waals surface area contributed by atoms with Crippen LogP contribution in [-0.2, 0) is 14.3 Å². The molecule has 1 saturated carbocycles. The van der Waals surface area contributed by atoms with E-state index in [1.807, 2.05) is 6.92 Å². The highest BCUT2D eigenvalue weighted by atomic mass is 16.5. The van der Waals surface area contributed by atoms with E-state index in [9.17, 15) is 9.59 Å². The Hall–Kier alpha value is -1.48. The van der Waals surface area contributed by atoms with Crippen LogP contribution in [0.3, 0.4) is 0 Å². The molecule has 0 heterocycles. The predicted molar refractivity (Wildman–Crippen MR) is 52.3 cm³/mol. The average Bonchev–Trinajstić information content (AvgIpc) is 2.57. The van der Waals surface area contributed by atoms with Crippen molar-refractivity contribution in [1.29, 1.82) is 0 Å². The summed E-state index contributed by atoms with van der Waals surface area (Å²) < 4.78 is 4.98.